The van der Waals surface area contributed by atoms with Gasteiger partial charge in [0, 0.05) is 13.6 Å². The molecule has 0 saturated carbocycles. The average Bonchev–Trinajstić information content (AvgIpc) is 3.10. The summed E-state index contributed by atoms with van der Waals surface area (Å²) >= 11 is 1.63. The molecular formula is C13H19N7S. The van der Waals surface area contributed by atoms with Gasteiger partial charge in [0.25, 0.3) is 0 Å². The van der Waals surface area contributed by atoms with E-state index >= 15 is 0 Å². The molecule has 0 amide bonds. The van der Waals surface area contributed by atoms with Gasteiger partial charge in [0.05, 0.1) is 16.4 Å². The van der Waals surface area contributed by atoms with Gasteiger partial charge in [0.2, 0.25) is 0 Å². The third-order valence-electron chi connectivity index (χ3n) is 3.35. The number of nitrogens with one attached hydrogen (secondary N) is 1. The van der Waals surface area contributed by atoms with E-state index in [4.69, 9.17) is 0 Å². The summed E-state index contributed by atoms with van der Waals surface area (Å²) in [4.78, 5) is 8.97. The van der Waals surface area contributed by atoms with Crippen LogP contribution in [-0.2, 0) is 13.6 Å². The van der Waals surface area contributed by atoms with E-state index in [9.17, 15) is 0 Å². The summed E-state index contributed by atoms with van der Waals surface area (Å²) in [6.45, 7) is 7.09. The van der Waals surface area contributed by atoms with Gasteiger partial charge >= 0.3 is 0 Å². The minimum Gasteiger partial charge on any atom is -0.352 e. The molecule has 112 valence electrons. The van der Waals surface area contributed by atoms with Crippen molar-refractivity contribution in [3.8, 4) is 0 Å². The van der Waals surface area contributed by atoms with E-state index in [1.54, 1.807) is 17.7 Å². The number of nitrogens with zero attached hydrogens (tertiary/aromatic N) is 6. The summed E-state index contributed by atoms with van der Waals surface area (Å²) in [5.41, 5.74) is 1.93. The molecule has 0 aromatic carbocycles. The lowest BCUT2D eigenvalue weighted by atomic mass is 10.3. The number of aromatic nitrogens is 6. The summed E-state index contributed by atoms with van der Waals surface area (Å²) in [6.07, 6.45) is 2.64. The molecule has 3 aromatic rings. The SMILES string of the molecule is CCCn1ncnc1[C@H](C)Nc1nc2c(s1)c(C)nn2C. The molecule has 0 unspecified atom stereocenters. The highest BCUT2D eigenvalue weighted by Crippen LogP contribution is 2.30. The standard InChI is InChI=1S/C13H19N7S/c1-5-6-20-11(14-7-15-20)9(3)16-13-17-12-10(21-13)8(2)18-19(12)4/h7,9H,5-6H2,1-4H3,(H,16,17)/t9-/m0/s1. The second kappa shape index (κ2) is 5.44. The van der Waals surface area contributed by atoms with Crippen LogP contribution < -0.4 is 5.32 Å². The average molecular weight is 305 g/mol. The van der Waals surface area contributed by atoms with Crippen LogP contribution in [0, 0.1) is 6.92 Å². The highest BCUT2D eigenvalue weighted by molar-refractivity contribution is 7.22. The molecular weight excluding hydrogens is 286 g/mol. The van der Waals surface area contributed by atoms with Gasteiger partial charge in [-0.05, 0) is 20.3 Å². The van der Waals surface area contributed by atoms with Crippen LogP contribution in [0.2, 0.25) is 0 Å². The van der Waals surface area contributed by atoms with E-state index in [0.717, 1.165) is 40.0 Å². The second-order valence-corrected chi connectivity index (χ2v) is 6.09. The van der Waals surface area contributed by atoms with Crippen molar-refractivity contribution < 1.29 is 0 Å². The Balaban J connectivity index is 1.84. The molecule has 0 bridgehead atoms. The number of hydrogen-bond acceptors (Lipinski definition) is 6. The largest absolute Gasteiger partial charge is 0.352 e. The van der Waals surface area contributed by atoms with Gasteiger partial charge in [-0.15, -0.1) is 0 Å². The zero-order valence-corrected chi connectivity index (χ0v) is 13.5. The van der Waals surface area contributed by atoms with Gasteiger partial charge in [-0.3, -0.25) is 0 Å². The maximum absolute atomic E-state index is 4.61. The predicted octanol–water partition coefficient (Wildman–Crippen LogP) is 2.51. The van der Waals surface area contributed by atoms with Crippen molar-refractivity contribution >= 4 is 26.8 Å². The van der Waals surface area contributed by atoms with E-state index in [1.807, 2.05) is 23.3 Å². The molecule has 3 heterocycles. The van der Waals surface area contributed by atoms with Gasteiger partial charge in [0.1, 0.15) is 12.2 Å². The lowest BCUT2D eigenvalue weighted by molar-refractivity contribution is 0.553. The van der Waals surface area contributed by atoms with Crippen molar-refractivity contribution in [2.75, 3.05) is 5.32 Å². The van der Waals surface area contributed by atoms with Crippen LogP contribution in [-0.4, -0.2) is 29.5 Å². The fourth-order valence-electron chi connectivity index (χ4n) is 2.39. The van der Waals surface area contributed by atoms with E-state index in [-0.39, 0.29) is 6.04 Å². The second-order valence-electron chi connectivity index (χ2n) is 5.09. The minimum atomic E-state index is 0.0628. The number of thiazole rings is 1. The van der Waals surface area contributed by atoms with Crippen molar-refractivity contribution in [3.05, 3.63) is 17.8 Å². The third kappa shape index (κ3) is 2.51. The van der Waals surface area contributed by atoms with Crippen LogP contribution in [0.4, 0.5) is 5.13 Å². The van der Waals surface area contributed by atoms with Crippen LogP contribution in [0.15, 0.2) is 6.33 Å². The molecule has 0 radical (unpaired) electrons. The Hall–Kier alpha value is -1.96. The lowest BCUT2D eigenvalue weighted by Gasteiger charge is -2.13. The maximum atomic E-state index is 4.61. The highest BCUT2D eigenvalue weighted by atomic mass is 32.1. The van der Waals surface area contributed by atoms with Crippen LogP contribution in [0.3, 0.4) is 0 Å². The fraction of sp³-hybridized carbons (Fsp3) is 0.538. The quantitative estimate of drug-likeness (QED) is 0.784. The molecule has 0 aliphatic heterocycles. The monoisotopic (exact) mass is 305 g/mol. The molecule has 0 aliphatic carbocycles. The van der Waals surface area contributed by atoms with Crippen molar-refractivity contribution in [3.63, 3.8) is 0 Å². The Kier molecular flexibility index (Phi) is 3.62. The highest BCUT2D eigenvalue weighted by Gasteiger charge is 2.17. The molecule has 1 atom stereocenters. The summed E-state index contributed by atoms with van der Waals surface area (Å²) in [7, 11) is 1.92. The normalized spacial score (nSPS) is 13.0. The molecule has 7 nitrogen and oxygen atoms in total. The van der Waals surface area contributed by atoms with Gasteiger partial charge in [0.15, 0.2) is 10.8 Å². The number of fused-ring (bicyclic) bond motifs is 1. The molecule has 0 aliphatic rings. The maximum Gasteiger partial charge on any atom is 0.186 e. The summed E-state index contributed by atoms with van der Waals surface area (Å²) < 4.78 is 4.89. The Morgan fingerprint density at radius 1 is 1.43 bits per heavy atom. The molecule has 0 fully saturated rings. The van der Waals surface area contributed by atoms with Gasteiger partial charge in [-0.25, -0.2) is 19.3 Å². The Morgan fingerprint density at radius 3 is 2.95 bits per heavy atom. The summed E-state index contributed by atoms with van der Waals surface area (Å²) in [6, 6.07) is 0.0628. The van der Waals surface area contributed by atoms with Crippen molar-refractivity contribution in [2.45, 2.75) is 39.8 Å². The lowest BCUT2D eigenvalue weighted by Crippen LogP contribution is -2.14. The topological polar surface area (TPSA) is 73.5 Å². The first-order chi connectivity index (χ1) is 10.1. The molecule has 8 heteroatoms. The fourth-order valence-corrected chi connectivity index (χ4v) is 3.41. The Bertz CT molecular complexity index is 719. The first kappa shape index (κ1) is 14.0. The van der Waals surface area contributed by atoms with E-state index in [2.05, 4.69) is 39.3 Å². The summed E-state index contributed by atoms with van der Waals surface area (Å²) in [5.74, 6) is 0.936. The molecule has 21 heavy (non-hydrogen) atoms. The van der Waals surface area contributed by atoms with E-state index in [0.29, 0.717) is 0 Å². The Morgan fingerprint density at radius 2 is 2.24 bits per heavy atom. The van der Waals surface area contributed by atoms with Crippen LogP contribution in [0.5, 0.6) is 0 Å². The first-order valence-corrected chi connectivity index (χ1v) is 7.86. The third-order valence-corrected chi connectivity index (χ3v) is 4.44. The van der Waals surface area contributed by atoms with Gasteiger partial charge in [-0.2, -0.15) is 10.2 Å². The smallest absolute Gasteiger partial charge is 0.186 e. The number of aryl methyl sites for hydroxylation is 3. The molecule has 0 spiro atoms. The summed E-state index contributed by atoms with van der Waals surface area (Å²) in [5, 5.41) is 12.9. The predicted molar refractivity (Wildman–Crippen MR) is 83.5 cm³/mol. The number of hydrogen-bond donors (Lipinski definition) is 1. The molecule has 0 saturated heterocycles. The van der Waals surface area contributed by atoms with Gasteiger partial charge < -0.3 is 5.32 Å². The van der Waals surface area contributed by atoms with Crippen molar-refractivity contribution in [1.29, 1.82) is 0 Å². The van der Waals surface area contributed by atoms with E-state index in [1.165, 1.54) is 0 Å². The number of rotatable bonds is 5. The van der Waals surface area contributed by atoms with Crippen LogP contribution >= 0.6 is 11.3 Å². The molecule has 3 rings (SSSR count). The van der Waals surface area contributed by atoms with Crippen molar-refractivity contribution in [1.82, 2.24) is 29.5 Å². The van der Waals surface area contributed by atoms with Crippen LogP contribution in [0.1, 0.15) is 37.8 Å². The molecule has 1 N–H and O–H groups in total. The zero-order chi connectivity index (χ0) is 15.0. The first-order valence-electron chi connectivity index (χ1n) is 7.04. The zero-order valence-electron chi connectivity index (χ0n) is 12.7. The van der Waals surface area contributed by atoms with E-state index < -0.39 is 0 Å². The van der Waals surface area contributed by atoms with Crippen molar-refractivity contribution in [2.24, 2.45) is 7.05 Å². The molecule has 3 aromatic heterocycles. The van der Waals surface area contributed by atoms with Gasteiger partial charge in [-0.1, -0.05) is 18.3 Å². The van der Waals surface area contributed by atoms with Crippen LogP contribution in [0.25, 0.3) is 10.3 Å². The Labute approximate surface area is 127 Å². The number of anilines is 1. The minimum absolute atomic E-state index is 0.0628.